The number of aromatic nitrogens is 1. The zero-order chi connectivity index (χ0) is 14.4. The maximum absolute atomic E-state index is 12.1. The summed E-state index contributed by atoms with van der Waals surface area (Å²) in [5, 5.41) is 2.91. The van der Waals surface area contributed by atoms with Gasteiger partial charge in [0, 0.05) is 12.4 Å². The Labute approximate surface area is 119 Å². The second-order valence-electron chi connectivity index (χ2n) is 4.81. The topological polar surface area (TPSA) is 68.0 Å². The van der Waals surface area contributed by atoms with Crippen molar-refractivity contribution >= 4 is 5.91 Å². The molecule has 4 nitrogen and oxygen atoms in total. The highest BCUT2D eigenvalue weighted by atomic mass is 16.2. The Morgan fingerprint density at radius 3 is 2.65 bits per heavy atom. The molecule has 1 amide bonds. The smallest absolute Gasteiger partial charge is 0.237 e. The molecule has 0 spiro atoms. The lowest BCUT2D eigenvalue weighted by molar-refractivity contribution is -0.123. The summed E-state index contributed by atoms with van der Waals surface area (Å²) in [6.45, 7) is 1.92. The van der Waals surface area contributed by atoms with E-state index in [1.165, 1.54) is 0 Å². The van der Waals surface area contributed by atoms with Crippen molar-refractivity contribution in [2.45, 2.75) is 25.4 Å². The van der Waals surface area contributed by atoms with E-state index in [9.17, 15) is 4.79 Å². The number of hydrogen-bond acceptors (Lipinski definition) is 3. The normalized spacial score (nSPS) is 13.5. The lowest BCUT2D eigenvalue weighted by Crippen LogP contribution is -2.42. The molecule has 0 fully saturated rings. The van der Waals surface area contributed by atoms with Gasteiger partial charge in [0.05, 0.1) is 12.1 Å². The van der Waals surface area contributed by atoms with Gasteiger partial charge < -0.3 is 11.1 Å². The maximum Gasteiger partial charge on any atom is 0.237 e. The van der Waals surface area contributed by atoms with E-state index >= 15 is 0 Å². The summed E-state index contributed by atoms with van der Waals surface area (Å²) in [7, 11) is 0. The van der Waals surface area contributed by atoms with Crippen molar-refractivity contribution in [3.63, 3.8) is 0 Å². The first-order chi connectivity index (χ1) is 9.66. The first-order valence-electron chi connectivity index (χ1n) is 6.66. The van der Waals surface area contributed by atoms with Gasteiger partial charge >= 0.3 is 0 Å². The molecule has 3 N–H and O–H groups in total. The van der Waals surface area contributed by atoms with E-state index in [1.807, 2.05) is 49.4 Å². The van der Waals surface area contributed by atoms with E-state index in [1.54, 1.807) is 12.4 Å². The first-order valence-corrected chi connectivity index (χ1v) is 6.66. The van der Waals surface area contributed by atoms with Gasteiger partial charge in [-0.25, -0.2) is 0 Å². The van der Waals surface area contributed by atoms with Crippen LogP contribution in [0.2, 0.25) is 0 Å². The number of carbonyl (C=O) groups excluding carboxylic acids is 1. The van der Waals surface area contributed by atoms with Crippen molar-refractivity contribution in [1.29, 1.82) is 0 Å². The summed E-state index contributed by atoms with van der Waals surface area (Å²) in [4.78, 5) is 16.1. The summed E-state index contributed by atoms with van der Waals surface area (Å²) in [6, 6.07) is 12.9. The van der Waals surface area contributed by atoms with E-state index in [0.717, 1.165) is 11.1 Å². The Bertz CT molecular complexity index is 542. The SMILES string of the molecule is C[C@H](NC(=O)[C@H](N)Cc1ccccc1)c1cccnc1. The summed E-state index contributed by atoms with van der Waals surface area (Å²) in [6.07, 6.45) is 3.99. The van der Waals surface area contributed by atoms with Crippen LogP contribution < -0.4 is 11.1 Å². The Balaban J connectivity index is 1.91. The average molecular weight is 269 g/mol. The number of benzene rings is 1. The highest BCUT2D eigenvalue weighted by Crippen LogP contribution is 2.10. The Kier molecular flexibility index (Phi) is 4.85. The minimum atomic E-state index is -0.545. The van der Waals surface area contributed by atoms with E-state index in [2.05, 4.69) is 10.3 Å². The predicted molar refractivity (Wildman–Crippen MR) is 78.9 cm³/mol. The Hall–Kier alpha value is -2.20. The van der Waals surface area contributed by atoms with Gasteiger partial charge in [0.15, 0.2) is 0 Å². The molecular weight excluding hydrogens is 250 g/mol. The third-order valence-electron chi connectivity index (χ3n) is 3.18. The summed E-state index contributed by atoms with van der Waals surface area (Å²) in [5.74, 6) is -0.148. The molecule has 2 rings (SSSR count). The zero-order valence-electron chi connectivity index (χ0n) is 11.5. The van der Waals surface area contributed by atoms with Crippen molar-refractivity contribution in [2.24, 2.45) is 5.73 Å². The van der Waals surface area contributed by atoms with Crippen LogP contribution in [0, 0.1) is 0 Å². The molecule has 0 saturated heterocycles. The fourth-order valence-electron chi connectivity index (χ4n) is 2.00. The minimum absolute atomic E-state index is 0.0991. The highest BCUT2D eigenvalue weighted by Gasteiger charge is 2.16. The quantitative estimate of drug-likeness (QED) is 0.870. The summed E-state index contributed by atoms with van der Waals surface area (Å²) < 4.78 is 0. The Morgan fingerprint density at radius 1 is 1.25 bits per heavy atom. The second-order valence-corrected chi connectivity index (χ2v) is 4.81. The van der Waals surface area contributed by atoms with Gasteiger partial charge in [-0.3, -0.25) is 9.78 Å². The van der Waals surface area contributed by atoms with Crippen LogP contribution in [0.15, 0.2) is 54.9 Å². The van der Waals surface area contributed by atoms with Crippen LogP contribution in [0.3, 0.4) is 0 Å². The van der Waals surface area contributed by atoms with E-state index in [4.69, 9.17) is 5.73 Å². The number of nitrogens with zero attached hydrogens (tertiary/aromatic N) is 1. The molecule has 1 aromatic heterocycles. The van der Waals surface area contributed by atoms with E-state index in [-0.39, 0.29) is 11.9 Å². The molecule has 0 unspecified atom stereocenters. The minimum Gasteiger partial charge on any atom is -0.348 e. The molecule has 0 saturated carbocycles. The van der Waals surface area contributed by atoms with Crippen LogP contribution in [-0.4, -0.2) is 16.9 Å². The zero-order valence-corrected chi connectivity index (χ0v) is 11.5. The largest absolute Gasteiger partial charge is 0.348 e. The van der Waals surface area contributed by atoms with Crippen LogP contribution in [0.25, 0.3) is 0 Å². The molecule has 0 aliphatic carbocycles. The van der Waals surface area contributed by atoms with Crippen LogP contribution in [-0.2, 0) is 11.2 Å². The van der Waals surface area contributed by atoms with Gasteiger partial charge in [0.2, 0.25) is 5.91 Å². The molecule has 2 atom stereocenters. The fourth-order valence-corrected chi connectivity index (χ4v) is 2.00. The lowest BCUT2D eigenvalue weighted by atomic mass is 10.1. The molecule has 0 aliphatic heterocycles. The monoisotopic (exact) mass is 269 g/mol. The molecule has 20 heavy (non-hydrogen) atoms. The molecule has 104 valence electrons. The van der Waals surface area contributed by atoms with Crippen LogP contribution >= 0.6 is 0 Å². The van der Waals surface area contributed by atoms with Crippen molar-refractivity contribution < 1.29 is 4.79 Å². The molecule has 2 aromatic rings. The summed E-state index contributed by atoms with van der Waals surface area (Å²) in [5.41, 5.74) is 7.97. The first kappa shape index (κ1) is 14.2. The van der Waals surface area contributed by atoms with Crippen molar-refractivity contribution in [2.75, 3.05) is 0 Å². The van der Waals surface area contributed by atoms with Gasteiger partial charge in [0.1, 0.15) is 0 Å². The number of pyridine rings is 1. The van der Waals surface area contributed by atoms with Gasteiger partial charge in [-0.15, -0.1) is 0 Å². The lowest BCUT2D eigenvalue weighted by Gasteiger charge is -2.17. The fraction of sp³-hybridized carbons (Fsp3) is 0.250. The van der Waals surface area contributed by atoms with Crippen LogP contribution in [0.5, 0.6) is 0 Å². The maximum atomic E-state index is 12.1. The Morgan fingerprint density at radius 2 is 2.00 bits per heavy atom. The molecule has 4 heteroatoms. The van der Waals surface area contributed by atoms with Gasteiger partial charge in [-0.2, -0.15) is 0 Å². The van der Waals surface area contributed by atoms with Crippen LogP contribution in [0.4, 0.5) is 0 Å². The van der Waals surface area contributed by atoms with Gasteiger partial charge in [0.25, 0.3) is 0 Å². The van der Waals surface area contributed by atoms with Crippen molar-refractivity contribution in [3.8, 4) is 0 Å². The number of hydrogen-bond donors (Lipinski definition) is 2. The van der Waals surface area contributed by atoms with Gasteiger partial charge in [-0.05, 0) is 30.5 Å². The number of nitrogens with one attached hydrogen (secondary N) is 1. The third kappa shape index (κ3) is 3.90. The number of rotatable bonds is 5. The molecule has 1 heterocycles. The van der Waals surface area contributed by atoms with Crippen LogP contribution in [0.1, 0.15) is 24.1 Å². The average Bonchev–Trinajstić information content (AvgIpc) is 2.49. The molecule has 0 radical (unpaired) electrons. The van der Waals surface area contributed by atoms with Gasteiger partial charge in [-0.1, -0.05) is 36.4 Å². The highest BCUT2D eigenvalue weighted by molar-refractivity contribution is 5.82. The third-order valence-corrected chi connectivity index (χ3v) is 3.18. The predicted octanol–water partition coefficient (Wildman–Crippen LogP) is 1.83. The molecule has 0 bridgehead atoms. The van der Waals surface area contributed by atoms with Crippen molar-refractivity contribution in [3.05, 3.63) is 66.0 Å². The standard InChI is InChI=1S/C16H19N3O/c1-12(14-8-5-9-18-11-14)19-16(20)15(17)10-13-6-3-2-4-7-13/h2-9,11-12,15H,10,17H2,1H3,(H,19,20)/t12-,15+/m0/s1. The van der Waals surface area contributed by atoms with E-state index in [0.29, 0.717) is 6.42 Å². The van der Waals surface area contributed by atoms with Crippen molar-refractivity contribution in [1.82, 2.24) is 10.3 Å². The van der Waals surface area contributed by atoms with E-state index < -0.39 is 6.04 Å². The molecular formula is C16H19N3O. The number of nitrogens with two attached hydrogens (primary N) is 1. The summed E-state index contributed by atoms with van der Waals surface area (Å²) >= 11 is 0. The second kappa shape index (κ2) is 6.82. The molecule has 0 aliphatic rings. The number of carbonyl (C=O) groups is 1. The number of amides is 1. The molecule has 1 aromatic carbocycles.